The molecule has 0 aromatic rings. The molecule has 0 bridgehead atoms. The molecule has 0 aliphatic rings. The van der Waals surface area contributed by atoms with Crippen molar-refractivity contribution in [2.75, 3.05) is 26.4 Å². The number of esters is 2. The van der Waals surface area contributed by atoms with Crippen LogP contribution in [0.5, 0.6) is 0 Å². The summed E-state index contributed by atoms with van der Waals surface area (Å²) in [6, 6.07) is 0. The van der Waals surface area contributed by atoms with Crippen LogP contribution in [0.1, 0.15) is 181 Å². The van der Waals surface area contributed by atoms with Crippen LogP contribution >= 0.6 is 15.6 Å². The van der Waals surface area contributed by atoms with Gasteiger partial charge in [-0.2, -0.15) is 0 Å². The van der Waals surface area contributed by atoms with Crippen LogP contribution in [0.4, 0.5) is 0 Å². The number of aliphatic hydroxyl groups excluding tert-OH is 3. The van der Waals surface area contributed by atoms with Crippen molar-refractivity contribution >= 4 is 27.6 Å². The zero-order chi connectivity index (χ0) is 47.7. The van der Waals surface area contributed by atoms with E-state index >= 15 is 0 Å². The molecule has 2 unspecified atom stereocenters. The van der Waals surface area contributed by atoms with Crippen LogP contribution in [0.25, 0.3) is 0 Å². The molecule has 0 aliphatic heterocycles. The Bertz CT molecular complexity index is 1370. The van der Waals surface area contributed by atoms with Crippen molar-refractivity contribution in [2.24, 2.45) is 5.92 Å². The number of rotatable bonds is 44. The standard InChI is InChI=1S/C47H86O15P2/c1-4-6-7-8-20-25-31-42(48)32-26-22-23-27-33-43(49)34-29-36-46(51)58-39-45(40-61-64(56,57)60-38-44(50)37-59-63(53,54)55)62-47(52)35-28-21-18-16-14-12-10-9-11-13-15-17-19-24-30-41(3)5-2/h20,22-23,25-27,32-33,41-45,48-50H,4-19,21,24,28-31,34-40H2,1-3H3,(H,56,57)(H2,53,54,55)/b23-22+,25-20-,32-26+,33-27-/t41?,42-,43-,44+,45-/m1/s1. The van der Waals surface area contributed by atoms with Gasteiger partial charge < -0.3 is 39.5 Å². The Morgan fingerprint density at radius 1 is 0.562 bits per heavy atom. The molecule has 0 aliphatic carbocycles. The summed E-state index contributed by atoms with van der Waals surface area (Å²) in [5.41, 5.74) is 0. The first-order chi connectivity index (χ1) is 30.6. The van der Waals surface area contributed by atoms with Gasteiger partial charge in [0.05, 0.1) is 32.0 Å². The van der Waals surface area contributed by atoms with E-state index in [1.54, 1.807) is 36.5 Å². The minimum absolute atomic E-state index is 0.0646. The van der Waals surface area contributed by atoms with E-state index in [1.807, 2.05) is 6.08 Å². The van der Waals surface area contributed by atoms with Crippen LogP contribution in [0.3, 0.4) is 0 Å². The van der Waals surface area contributed by atoms with Gasteiger partial charge in [0.2, 0.25) is 0 Å². The monoisotopic (exact) mass is 953 g/mol. The number of hydrogen-bond donors (Lipinski definition) is 6. The third-order valence-corrected chi connectivity index (χ3v) is 11.9. The first kappa shape index (κ1) is 62.0. The molecule has 0 aromatic heterocycles. The molecular weight excluding hydrogens is 866 g/mol. The third kappa shape index (κ3) is 43.9. The van der Waals surface area contributed by atoms with E-state index in [-0.39, 0.29) is 25.7 Å². The quantitative estimate of drug-likeness (QED) is 0.0110. The molecule has 64 heavy (non-hydrogen) atoms. The van der Waals surface area contributed by atoms with Crippen LogP contribution in [-0.4, -0.2) is 92.8 Å². The van der Waals surface area contributed by atoms with Crippen LogP contribution in [0, 0.1) is 5.92 Å². The highest BCUT2D eigenvalue weighted by Crippen LogP contribution is 2.44. The third-order valence-electron chi connectivity index (χ3n) is 10.4. The summed E-state index contributed by atoms with van der Waals surface area (Å²) < 4.78 is 47.7. The summed E-state index contributed by atoms with van der Waals surface area (Å²) in [7, 11) is -9.76. The Morgan fingerprint density at radius 2 is 1.09 bits per heavy atom. The molecule has 0 heterocycles. The highest BCUT2D eigenvalue weighted by Gasteiger charge is 2.28. The number of phosphoric acid groups is 2. The van der Waals surface area contributed by atoms with Crippen molar-refractivity contribution in [3.63, 3.8) is 0 Å². The maximum atomic E-state index is 12.7. The Labute approximate surface area is 385 Å². The fourth-order valence-corrected chi connectivity index (χ4v) is 7.50. The van der Waals surface area contributed by atoms with Gasteiger partial charge in [-0.25, -0.2) is 9.13 Å². The molecule has 17 heteroatoms. The average Bonchev–Trinajstić information content (AvgIpc) is 3.25. The maximum Gasteiger partial charge on any atom is 0.472 e. The van der Waals surface area contributed by atoms with Crippen molar-refractivity contribution in [1.82, 2.24) is 0 Å². The summed E-state index contributed by atoms with van der Waals surface area (Å²) in [6.45, 7) is 3.80. The molecule has 0 radical (unpaired) electrons. The lowest BCUT2D eigenvalue weighted by molar-refractivity contribution is -0.161. The molecule has 374 valence electrons. The van der Waals surface area contributed by atoms with Gasteiger partial charge in [-0.15, -0.1) is 0 Å². The zero-order valence-corrected chi connectivity index (χ0v) is 41.1. The number of carbonyl (C=O) groups is 2. The van der Waals surface area contributed by atoms with Crippen molar-refractivity contribution < 1.29 is 71.8 Å². The van der Waals surface area contributed by atoms with Crippen molar-refractivity contribution in [2.45, 2.75) is 206 Å². The molecule has 0 saturated carbocycles. The molecule has 6 N–H and O–H groups in total. The van der Waals surface area contributed by atoms with Crippen LogP contribution in [-0.2, 0) is 41.8 Å². The normalized spacial score (nSPS) is 15.8. The van der Waals surface area contributed by atoms with Gasteiger partial charge in [0.1, 0.15) is 12.7 Å². The second-order valence-corrected chi connectivity index (χ2v) is 19.4. The number of carbonyl (C=O) groups excluding carboxylic acids is 2. The van der Waals surface area contributed by atoms with Crippen LogP contribution in [0.15, 0.2) is 48.6 Å². The lowest BCUT2D eigenvalue weighted by Crippen LogP contribution is -2.30. The summed E-state index contributed by atoms with van der Waals surface area (Å²) in [6.07, 6.45) is 34.4. The highest BCUT2D eigenvalue weighted by molar-refractivity contribution is 7.47. The van der Waals surface area contributed by atoms with E-state index in [0.29, 0.717) is 12.8 Å². The predicted molar refractivity (Wildman–Crippen MR) is 251 cm³/mol. The van der Waals surface area contributed by atoms with Gasteiger partial charge in [0.25, 0.3) is 0 Å². The van der Waals surface area contributed by atoms with Gasteiger partial charge in [0.15, 0.2) is 6.10 Å². The second kappa shape index (κ2) is 41.2. The van der Waals surface area contributed by atoms with Gasteiger partial charge in [-0.1, -0.05) is 179 Å². The van der Waals surface area contributed by atoms with E-state index in [1.165, 1.54) is 83.5 Å². The molecule has 0 spiro atoms. The smallest absolute Gasteiger partial charge is 0.462 e. The Balaban J connectivity index is 4.69. The van der Waals surface area contributed by atoms with Crippen molar-refractivity contribution in [1.29, 1.82) is 0 Å². The number of unbranched alkanes of at least 4 members (excludes halogenated alkanes) is 16. The number of allylic oxidation sites excluding steroid dienone is 5. The van der Waals surface area contributed by atoms with E-state index in [4.69, 9.17) is 23.8 Å². The number of phosphoric ester groups is 2. The first-order valence-corrected chi connectivity index (χ1v) is 27.0. The molecule has 0 fully saturated rings. The van der Waals surface area contributed by atoms with E-state index in [9.17, 15) is 38.9 Å². The molecule has 0 aromatic carbocycles. The largest absolute Gasteiger partial charge is 0.472 e. The lowest BCUT2D eigenvalue weighted by Gasteiger charge is -2.20. The van der Waals surface area contributed by atoms with Gasteiger partial charge in [-0.05, 0) is 44.4 Å². The van der Waals surface area contributed by atoms with E-state index < -0.39 is 78.4 Å². The van der Waals surface area contributed by atoms with Crippen molar-refractivity contribution in [3.05, 3.63) is 48.6 Å². The fraction of sp³-hybridized carbons (Fsp3) is 0.787. The van der Waals surface area contributed by atoms with Gasteiger partial charge in [-0.3, -0.25) is 23.2 Å². The molecular formula is C47H86O15P2. The molecule has 6 atom stereocenters. The molecule has 0 amide bonds. The lowest BCUT2D eigenvalue weighted by atomic mass is 9.99. The van der Waals surface area contributed by atoms with Gasteiger partial charge >= 0.3 is 27.6 Å². The van der Waals surface area contributed by atoms with Gasteiger partial charge in [0, 0.05) is 12.8 Å². The Hall–Kier alpha value is -2.00. The van der Waals surface area contributed by atoms with Crippen molar-refractivity contribution in [3.8, 4) is 0 Å². The fourth-order valence-electron chi connectivity index (χ4n) is 6.34. The zero-order valence-electron chi connectivity index (χ0n) is 39.3. The van der Waals surface area contributed by atoms with E-state index in [0.717, 1.165) is 44.4 Å². The molecule has 0 saturated heterocycles. The van der Waals surface area contributed by atoms with Crippen LogP contribution in [0.2, 0.25) is 0 Å². The summed E-state index contributed by atoms with van der Waals surface area (Å²) in [5.74, 6) is -0.421. The van der Waals surface area contributed by atoms with Crippen LogP contribution < -0.4 is 0 Å². The van der Waals surface area contributed by atoms with E-state index in [2.05, 4.69) is 35.9 Å². The molecule has 0 rings (SSSR count). The topological polar surface area (TPSA) is 236 Å². The Morgan fingerprint density at radius 3 is 1.67 bits per heavy atom. The average molecular weight is 953 g/mol. The summed E-state index contributed by atoms with van der Waals surface area (Å²) in [5, 5.41) is 30.1. The summed E-state index contributed by atoms with van der Waals surface area (Å²) >= 11 is 0. The number of hydrogen-bond acceptors (Lipinski definition) is 12. The highest BCUT2D eigenvalue weighted by atomic mass is 31.2. The minimum atomic E-state index is -4.89. The minimum Gasteiger partial charge on any atom is -0.462 e. The molecule has 15 nitrogen and oxygen atoms in total. The number of aliphatic hydroxyl groups is 3. The second-order valence-electron chi connectivity index (χ2n) is 16.7. The first-order valence-electron chi connectivity index (χ1n) is 23.9. The number of ether oxygens (including phenoxy) is 2. The summed E-state index contributed by atoms with van der Waals surface area (Å²) in [4.78, 5) is 52.8. The Kier molecular flexibility index (Phi) is 39.9. The SMILES string of the molecule is CCCCC/C=C\C[C@@H](O)/C=C/C=C/C=C\[C@@H](O)CCCC(=O)OC[C@H](COP(=O)(O)OC[C@@H](O)COP(=O)(O)O)OC(=O)CCCCCCCCCCCCCCCCC(C)CC. The maximum absolute atomic E-state index is 12.7. The predicted octanol–water partition coefficient (Wildman–Crippen LogP) is 10.4.